The molecule has 0 unspecified atom stereocenters. The van der Waals surface area contributed by atoms with Gasteiger partial charge < -0.3 is 9.84 Å². The molecule has 14 heavy (non-hydrogen) atoms. The van der Waals surface area contributed by atoms with Crippen molar-refractivity contribution in [2.24, 2.45) is 0 Å². The molecule has 2 rings (SSSR count). The van der Waals surface area contributed by atoms with Crippen molar-refractivity contribution in [2.75, 3.05) is 19.8 Å². The summed E-state index contributed by atoms with van der Waals surface area (Å²) in [7, 11) is 0. The zero-order valence-electron chi connectivity index (χ0n) is 7.87. The molecule has 3 heteroatoms. The Morgan fingerprint density at radius 1 is 1.29 bits per heavy atom. The van der Waals surface area contributed by atoms with Gasteiger partial charge in [0.05, 0.1) is 13.2 Å². The van der Waals surface area contributed by atoms with Gasteiger partial charge in [-0.25, -0.2) is 4.39 Å². The highest BCUT2D eigenvalue weighted by molar-refractivity contribution is 5.28. The van der Waals surface area contributed by atoms with E-state index in [0.717, 1.165) is 5.56 Å². The second-order valence-corrected chi connectivity index (χ2v) is 3.75. The summed E-state index contributed by atoms with van der Waals surface area (Å²) in [5.74, 6) is -0.229. The lowest BCUT2D eigenvalue weighted by Gasteiger charge is -2.41. The minimum atomic E-state index is -0.229. The van der Waals surface area contributed by atoms with Crippen LogP contribution in [0.5, 0.6) is 0 Å². The summed E-state index contributed by atoms with van der Waals surface area (Å²) >= 11 is 0. The summed E-state index contributed by atoms with van der Waals surface area (Å²) in [6.45, 7) is 1.39. The first-order valence-electron chi connectivity index (χ1n) is 4.71. The van der Waals surface area contributed by atoms with Crippen LogP contribution in [0.1, 0.15) is 12.0 Å². The molecule has 1 aliphatic heterocycles. The molecule has 1 saturated heterocycles. The highest BCUT2D eigenvalue weighted by atomic mass is 19.1. The third-order valence-corrected chi connectivity index (χ3v) is 2.80. The molecule has 1 aliphatic rings. The molecule has 0 aromatic heterocycles. The standard InChI is InChI=1S/C11H13FO2/c12-10-3-1-9(2-4-10)11(5-6-13)7-14-8-11/h1-4,13H,5-8H2. The van der Waals surface area contributed by atoms with Crippen LogP contribution in [0, 0.1) is 5.82 Å². The number of rotatable bonds is 3. The van der Waals surface area contributed by atoms with E-state index in [1.807, 2.05) is 0 Å². The molecule has 0 aliphatic carbocycles. The number of hydrogen-bond acceptors (Lipinski definition) is 2. The van der Waals surface area contributed by atoms with Gasteiger partial charge >= 0.3 is 0 Å². The van der Waals surface area contributed by atoms with Gasteiger partial charge in [-0.3, -0.25) is 0 Å². The number of aliphatic hydroxyl groups is 1. The van der Waals surface area contributed by atoms with Crippen LogP contribution in [-0.2, 0) is 10.2 Å². The van der Waals surface area contributed by atoms with Crippen molar-refractivity contribution in [1.29, 1.82) is 0 Å². The number of ether oxygens (including phenoxy) is 1. The van der Waals surface area contributed by atoms with Gasteiger partial charge in [0.2, 0.25) is 0 Å². The lowest BCUT2D eigenvalue weighted by atomic mass is 9.76. The van der Waals surface area contributed by atoms with Crippen LogP contribution in [0.25, 0.3) is 0 Å². The normalized spacial score (nSPS) is 19.0. The molecule has 0 amide bonds. The molecule has 0 atom stereocenters. The van der Waals surface area contributed by atoms with E-state index >= 15 is 0 Å². The lowest BCUT2D eigenvalue weighted by Crippen LogP contribution is -2.47. The quantitative estimate of drug-likeness (QED) is 0.793. The first-order chi connectivity index (χ1) is 6.77. The number of hydrogen-bond donors (Lipinski definition) is 1. The Balaban J connectivity index is 2.23. The maximum absolute atomic E-state index is 12.7. The molecular formula is C11H13FO2. The van der Waals surface area contributed by atoms with E-state index in [2.05, 4.69) is 0 Å². The SMILES string of the molecule is OCCC1(c2ccc(F)cc2)COC1. The fourth-order valence-corrected chi connectivity index (χ4v) is 1.82. The van der Waals surface area contributed by atoms with E-state index < -0.39 is 0 Å². The molecule has 0 saturated carbocycles. The average molecular weight is 196 g/mol. The van der Waals surface area contributed by atoms with E-state index in [1.165, 1.54) is 12.1 Å². The van der Waals surface area contributed by atoms with E-state index in [4.69, 9.17) is 9.84 Å². The molecule has 0 bridgehead atoms. The van der Waals surface area contributed by atoms with Crippen LogP contribution >= 0.6 is 0 Å². The van der Waals surface area contributed by atoms with Crippen LogP contribution in [0.2, 0.25) is 0 Å². The van der Waals surface area contributed by atoms with Gasteiger partial charge in [0.1, 0.15) is 5.82 Å². The second-order valence-electron chi connectivity index (χ2n) is 3.75. The maximum Gasteiger partial charge on any atom is 0.123 e. The van der Waals surface area contributed by atoms with Gasteiger partial charge in [0.25, 0.3) is 0 Å². The third-order valence-electron chi connectivity index (χ3n) is 2.80. The molecule has 1 N–H and O–H groups in total. The predicted octanol–water partition coefficient (Wildman–Crippen LogP) is 1.48. The van der Waals surface area contributed by atoms with Crippen LogP contribution < -0.4 is 0 Å². The van der Waals surface area contributed by atoms with E-state index in [9.17, 15) is 4.39 Å². The lowest BCUT2D eigenvalue weighted by molar-refractivity contribution is -0.0701. The Labute approximate surface area is 82.3 Å². The first kappa shape index (κ1) is 9.62. The molecule has 1 fully saturated rings. The molecular weight excluding hydrogens is 183 g/mol. The summed E-state index contributed by atoms with van der Waals surface area (Å²) < 4.78 is 17.9. The summed E-state index contributed by atoms with van der Waals surface area (Å²) in [4.78, 5) is 0. The van der Waals surface area contributed by atoms with Gasteiger partial charge in [0.15, 0.2) is 0 Å². The molecule has 76 valence electrons. The van der Waals surface area contributed by atoms with Crippen LogP contribution in [0.4, 0.5) is 4.39 Å². The summed E-state index contributed by atoms with van der Waals surface area (Å²) in [5, 5.41) is 8.95. The monoisotopic (exact) mass is 196 g/mol. The smallest absolute Gasteiger partial charge is 0.123 e. The number of halogens is 1. The van der Waals surface area contributed by atoms with Crippen molar-refractivity contribution in [1.82, 2.24) is 0 Å². The van der Waals surface area contributed by atoms with Crippen LogP contribution in [0.3, 0.4) is 0 Å². The highest BCUT2D eigenvalue weighted by Gasteiger charge is 2.39. The second kappa shape index (κ2) is 3.67. The Hall–Kier alpha value is -0.930. The topological polar surface area (TPSA) is 29.5 Å². The van der Waals surface area contributed by atoms with Gasteiger partial charge in [-0.2, -0.15) is 0 Å². The summed E-state index contributed by atoms with van der Waals surface area (Å²) in [5.41, 5.74) is 0.974. The Bertz CT molecular complexity index is 304. The van der Waals surface area contributed by atoms with Gasteiger partial charge in [-0.15, -0.1) is 0 Å². The fraction of sp³-hybridized carbons (Fsp3) is 0.455. The largest absolute Gasteiger partial charge is 0.396 e. The Kier molecular flexibility index (Phi) is 2.52. The number of aliphatic hydroxyl groups excluding tert-OH is 1. The van der Waals surface area contributed by atoms with Gasteiger partial charge in [0, 0.05) is 12.0 Å². The molecule has 0 radical (unpaired) electrons. The van der Waals surface area contributed by atoms with E-state index in [1.54, 1.807) is 12.1 Å². The van der Waals surface area contributed by atoms with E-state index in [-0.39, 0.29) is 17.8 Å². The molecule has 2 nitrogen and oxygen atoms in total. The fourth-order valence-electron chi connectivity index (χ4n) is 1.82. The minimum Gasteiger partial charge on any atom is -0.396 e. The molecule has 1 heterocycles. The molecule has 1 aromatic carbocycles. The molecule has 1 aromatic rings. The summed E-state index contributed by atoms with van der Waals surface area (Å²) in [6.07, 6.45) is 0.679. The number of benzene rings is 1. The maximum atomic E-state index is 12.7. The van der Waals surface area contributed by atoms with Gasteiger partial charge in [-0.1, -0.05) is 12.1 Å². The third kappa shape index (κ3) is 1.53. The molecule has 0 spiro atoms. The van der Waals surface area contributed by atoms with Crippen molar-refractivity contribution < 1.29 is 14.2 Å². The predicted molar refractivity (Wildman–Crippen MR) is 50.6 cm³/mol. The highest BCUT2D eigenvalue weighted by Crippen LogP contribution is 2.35. The van der Waals surface area contributed by atoms with Crippen molar-refractivity contribution in [3.05, 3.63) is 35.6 Å². The summed E-state index contributed by atoms with van der Waals surface area (Å²) in [6, 6.07) is 6.45. The Morgan fingerprint density at radius 2 is 1.93 bits per heavy atom. The van der Waals surface area contributed by atoms with Crippen LogP contribution in [0.15, 0.2) is 24.3 Å². The van der Waals surface area contributed by atoms with Gasteiger partial charge in [-0.05, 0) is 24.1 Å². The zero-order valence-corrected chi connectivity index (χ0v) is 7.87. The van der Waals surface area contributed by atoms with Crippen molar-refractivity contribution in [3.63, 3.8) is 0 Å². The van der Waals surface area contributed by atoms with Crippen LogP contribution in [-0.4, -0.2) is 24.9 Å². The van der Waals surface area contributed by atoms with Crippen molar-refractivity contribution in [2.45, 2.75) is 11.8 Å². The first-order valence-corrected chi connectivity index (χ1v) is 4.71. The zero-order chi connectivity index (χ0) is 10.0. The Morgan fingerprint density at radius 3 is 2.36 bits per heavy atom. The minimum absolute atomic E-state index is 0.0809. The van der Waals surface area contributed by atoms with Crippen molar-refractivity contribution >= 4 is 0 Å². The average Bonchev–Trinajstić information content (AvgIpc) is 2.13. The van der Waals surface area contributed by atoms with E-state index in [0.29, 0.717) is 19.6 Å². The van der Waals surface area contributed by atoms with Crippen molar-refractivity contribution in [3.8, 4) is 0 Å².